The first-order chi connectivity index (χ1) is 28.9. The summed E-state index contributed by atoms with van der Waals surface area (Å²) in [5.41, 5.74) is 3.48. The van der Waals surface area contributed by atoms with Crippen molar-refractivity contribution in [2.24, 2.45) is 0 Å². The van der Waals surface area contributed by atoms with Crippen molar-refractivity contribution in [3.8, 4) is 0 Å². The monoisotopic (exact) mass is 804 g/mol. The second kappa shape index (κ2) is 21.9. The van der Waals surface area contributed by atoms with Crippen LogP contribution in [0.4, 0.5) is 5.69 Å². The molecule has 0 saturated carbocycles. The molecule has 314 valence electrons. The van der Waals surface area contributed by atoms with E-state index in [1.165, 1.54) is 12.8 Å². The zero-order valence-electron chi connectivity index (χ0n) is 34.5. The van der Waals surface area contributed by atoms with Crippen molar-refractivity contribution in [1.29, 1.82) is 0 Å². The van der Waals surface area contributed by atoms with Crippen molar-refractivity contribution in [3.05, 3.63) is 96.6 Å². The first-order valence-corrected chi connectivity index (χ1v) is 21.7. The maximum atomic E-state index is 14.5. The minimum atomic E-state index is -1.08. The molecule has 0 aliphatic carbocycles. The molecule has 59 heavy (non-hydrogen) atoms. The lowest BCUT2D eigenvalue weighted by atomic mass is 10.0. The zero-order chi connectivity index (χ0) is 41.4. The van der Waals surface area contributed by atoms with Crippen LogP contribution in [0, 0.1) is 0 Å². The molecule has 0 bridgehead atoms. The molecule has 6 rings (SSSR count). The second-order valence-corrected chi connectivity index (χ2v) is 15.6. The minimum Gasteiger partial charge on any atom is -0.464 e. The molecular weight excluding hydrogens is 745 g/mol. The van der Waals surface area contributed by atoms with Crippen LogP contribution in [0.15, 0.2) is 85.5 Å². The summed E-state index contributed by atoms with van der Waals surface area (Å²) in [7, 11) is 0. The topological polar surface area (TPSA) is 159 Å². The zero-order valence-corrected chi connectivity index (χ0v) is 34.5. The van der Waals surface area contributed by atoms with Crippen molar-refractivity contribution >= 4 is 51.2 Å². The van der Waals surface area contributed by atoms with Gasteiger partial charge in [0.25, 0.3) is 0 Å². The lowest BCUT2D eigenvalue weighted by Gasteiger charge is -2.32. The van der Waals surface area contributed by atoms with Crippen LogP contribution >= 0.6 is 0 Å². The molecule has 1 saturated heterocycles. The number of aromatic nitrogens is 3. The molecule has 2 aromatic carbocycles. The molecule has 5 aromatic rings. The first-order valence-electron chi connectivity index (χ1n) is 21.7. The number of unbranched alkanes of at least 4 members (excludes halogenated alkanes) is 10. The summed E-state index contributed by atoms with van der Waals surface area (Å²) in [4.78, 5) is 69.1. The number of para-hydroxylation sites is 2. The number of H-pyrrole nitrogens is 2. The van der Waals surface area contributed by atoms with Crippen LogP contribution in [0.2, 0.25) is 0 Å². The molecule has 1 aliphatic rings. The van der Waals surface area contributed by atoms with Crippen LogP contribution in [0.5, 0.6) is 0 Å². The van der Waals surface area contributed by atoms with E-state index in [1.54, 1.807) is 41.8 Å². The second-order valence-electron chi connectivity index (χ2n) is 15.6. The van der Waals surface area contributed by atoms with E-state index in [2.05, 4.69) is 39.4 Å². The van der Waals surface area contributed by atoms with Crippen molar-refractivity contribution in [2.45, 2.75) is 128 Å². The van der Waals surface area contributed by atoms with Gasteiger partial charge in [0.2, 0.25) is 11.8 Å². The molecule has 4 heterocycles. The number of nitrogens with one attached hydrogen (secondary N) is 4. The number of carbonyl (C=O) groups is 4. The standard InChI is InChI=1S/C47H60N6O6/c1-3-5-7-9-11-17-29-58-46(56)42(36-31-49-38-21-15-13-19-34(36)38)51-44(54)40-23-24-41(53(40)33-25-27-48-28-26-33)45(55)52-43(37-32-50-39-22-16-14-20-35(37)39)47(57)59-30-18-12-10-8-6-4-2/h13-16,19-22,25-28,31-32,40-43,49-50H,3-12,17-18,23-24,29-30H2,1-2H3,(H,51,54)(H,52,55)/t40-,41-,42-,43-/m0/s1. The Morgan fingerprint density at radius 2 is 1.05 bits per heavy atom. The van der Waals surface area contributed by atoms with Crippen molar-refractivity contribution < 1.29 is 28.7 Å². The van der Waals surface area contributed by atoms with Crippen LogP contribution < -0.4 is 15.5 Å². The van der Waals surface area contributed by atoms with Gasteiger partial charge in [-0.05, 0) is 49.9 Å². The van der Waals surface area contributed by atoms with E-state index >= 15 is 0 Å². The van der Waals surface area contributed by atoms with Gasteiger partial charge in [0.1, 0.15) is 12.1 Å². The molecule has 12 nitrogen and oxygen atoms in total. The number of rotatable bonds is 23. The van der Waals surface area contributed by atoms with Gasteiger partial charge in [0, 0.05) is 63.4 Å². The third-order valence-corrected chi connectivity index (χ3v) is 11.3. The lowest BCUT2D eigenvalue weighted by Crippen LogP contribution is -2.53. The minimum absolute atomic E-state index is 0.257. The number of amides is 2. The molecule has 0 unspecified atom stereocenters. The van der Waals surface area contributed by atoms with E-state index in [1.807, 2.05) is 48.5 Å². The van der Waals surface area contributed by atoms with Gasteiger partial charge in [-0.15, -0.1) is 0 Å². The van der Waals surface area contributed by atoms with Crippen LogP contribution in [0.25, 0.3) is 21.8 Å². The summed E-state index contributed by atoms with van der Waals surface area (Å²) in [6.45, 7) is 4.87. The molecule has 1 fully saturated rings. The number of aromatic amines is 2. The molecule has 0 spiro atoms. The number of fused-ring (bicyclic) bond motifs is 2. The fourth-order valence-corrected chi connectivity index (χ4v) is 8.15. The van der Waals surface area contributed by atoms with Crippen LogP contribution in [0.1, 0.15) is 127 Å². The van der Waals surface area contributed by atoms with Gasteiger partial charge in [0.15, 0.2) is 12.1 Å². The third kappa shape index (κ3) is 11.1. The van der Waals surface area contributed by atoms with Crippen LogP contribution in [-0.2, 0) is 28.7 Å². The Bertz CT molecular complexity index is 1980. The first kappa shape index (κ1) is 42.9. The van der Waals surface area contributed by atoms with E-state index < -0.39 is 47.9 Å². The van der Waals surface area contributed by atoms with Crippen molar-refractivity contribution in [3.63, 3.8) is 0 Å². The van der Waals surface area contributed by atoms with E-state index in [0.29, 0.717) is 29.7 Å². The quantitative estimate of drug-likeness (QED) is 0.0377. The number of carbonyl (C=O) groups excluding carboxylic acids is 4. The van der Waals surface area contributed by atoms with Crippen molar-refractivity contribution in [2.75, 3.05) is 18.1 Å². The summed E-state index contributed by atoms with van der Waals surface area (Å²) in [6.07, 6.45) is 19.9. The molecule has 1 aliphatic heterocycles. The number of hydrogen-bond acceptors (Lipinski definition) is 8. The Hall–Kier alpha value is -5.65. The highest BCUT2D eigenvalue weighted by Gasteiger charge is 2.44. The van der Waals surface area contributed by atoms with E-state index in [0.717, 1.165) is 86.0 Å². The van der Waals surface area contributed by atoms with Crippen LogP contribution in [0.3, 0.4) is 0 Å². The van der Waals surface area contributed by atoms with Gasteiger partial charge in [-0.1, -0.05) is 114 Å². The number of ether oxygens (including phenoxy) is 2. The number of pyridine rings is 1. The third-order valence-electron chi connectivity index (χ3n) is 11.3. The molecular formula is C47H60N6O6. The van der Waals surface area contributed by atoms with E-state index in [-0.39, 0.29) is 13.2 Å². The van der Waals surface area contributed by atoms with Gasteiger partial charge >= 0.3 is 11.9 Å². The fraction of sp³-hybridized carbons (Fsp3) is 0.468. The fourth-order valence-electron chi connectivity index (χ4n) is 8.15. The van der Waals surface area contributed by atoms with Gasteiger partial charge in [-0.3, -0.25) is 14.6 Å². The Morgan fingerprint density at radius 1 is 0.627 bits per heavy atom. The summed E-state index contributed by atoms with van der Waals surface area (Å²) in [6, 6.07) is 14.9. The Kier molecular flexibility index (Phi) is 16.0. The normalized spacial score (nSPS) is 16.2. The molecule has 4 atom stereocenters. The molecule has 2 amide bonds. The number of anilines is 1. The summed E-state index contributed by atoms with van der Waals surface area (Å²) >= 11 is 0. The molecule has 3 aromatic heterocycles. The SMILES string of the molecule is CCCCCCCCOC(=O)[C@@H](NC(=O)[C@@H]1CC[C@@H](C(=O)N[C@H](C(=O)OCCCCCCCC)c2c[nH]c3ccccc23)N1c1ccncc1)c1c[nH]c2ccccc12. The summed E-state index contributed by atoms with van der Waals surface area (Å²) in [5, 5.41) is 7.66. The number of nitrogens with zero attached hydrogens (tertiary/aromatic N) is 2. The molecule has 0 radical (unpaired) electrons. The van der Waals surface area contributed by atoms with Gasteiger partial charge in [-0.2, -0.15) is 0 Å². The van der Waals surface area contributed by atoms with E-state index in [9.17, 15) is 19.2 Å². The van der Waals surface area contributed by atoms with Gasteiger partial charge in [-0.25, -0.2) is 9.59 Å². The maximum Gasteiger partial charge on any atom is 0.333 e. The maximum absolute atomic E-state index is 14.5. The smallest absolute Gasteiger partial charge is 0.333 e. The highest BCUT2D eigenvalue weighted by molar-refractivity contribution is 5.98. The summed E-state index contributed by atoms with van der Waals surface area (Å²) in [5.74, 6) is -1.92. The largest absolute Gasteiger partial charge is 0.464 e. The average Bonchev–Trinajstić information content (AvgIpc) is 4.02. The van der Waals surface area contributed by atoms with E-state index in [4.69, 9.17) is 9.47 Å². The Morgan fingerprint density at radius 3 is 1.51 bits per heavy atom. The number of benzene rings is 2. The summed E-state index contributed by atoms with van der Waals surface area (Å²) < 4.78 is 11.6. The lowest BCUT2D eigenvalue weighted by molar-refractivity contribution is -0.148. The number of hydrogen-bond donors (Lipinski definition) is 4. The Balaban J connectivity index is 1.21. The highest BCUT2D eigenvalue weighted by Crippen LogP contribution is 2.34. The van der Waals surface area contributed by atoms with Gasteiger partial charge in [0.05, 0.1) is 13.2 Å². The highest BCUT2D eigenvalue weighted by atomic mass is 16.5. The van der Waals surface area contributed by atoms with Crippen LogP contribution in [-0.4, -0.2) is 64.0 Å². The molecule has 12 heteroatoms. The predicted octanol–water partition coefficient (Wildman–Crippen LogP) is 8.90. The van der Waals surface area contributed by atoms with Crippen molar-refractivity contribution in [1.82, 2.24) is 25.6 Å². The molecule has 4 N–H and O–H groups in total. The predicted molar refractivity (Wildman–Crippen MR) is 231 cm³/mol. The number of esters is 2. The Labute approximate surface area is 347 Å². The van der Waals surface area contributed by atoms with Gasteiger partial charge < -0.3 is 35.0 Å². The average molecular weight is 805 g/mol.